The van der Waals surface area contributed by atoms with E-state index >= 15 is 0 Å². The number of aromatic nitrogens is 3. The first-order chi connectivity index (χ1) is 17.4. The van der Waals surface area contributed by atoms with Gasteiger partial charge in [0.15, 0.2) is 0 Å². The second-order valence-corrected chi connectivity index (χ2v) is 8.72. The molecule has 0 bridgehead atoms. The van der Waals surface area contributed by atoms with E-state index in [0.29, 0.717) is 0 Å². The smallest absolute Gasteiger partial charge is 0.0620 e. The van der Waals surface area contributed by atoms with Crippen molar-refractivity contribution in [3.8, 4) is 27.9 Å². The molecule has 0 unspecified atom stereocenters. The Kier molecular flexibility index (Phi) is 4.46. The lowest BCUT2D eigenvalue weighted by Crippen LogP contribution is -2.01. The van der Waals surface area contributed by atoms with Gasteiger partial charge in [0, 0.05) is 63.2 Å². The summed E-state index contributed by atoms with van der Waals surface area (Å²) in [6.45, 7) is 0. The molecule has 0 fully saturated rings. The molecule has 0 N–H and O–H groups in total. The predicted molar refractivity (Wildman–Crippen MR) is 145 cm³/mol. The lowest BCUT2D eigenvalue weighted by atomic mass is 9.97. The molecule has 0 aliphatic rings. The van der Waals surface area contributed by atoms with Gasteiger partial charge in [-0.3, -0.25) is 9.97 Å². The van der Waals surface area contributed by atoms with Crippen molar-refractivity contribution in [1.82, 2.24) is 14.5 Å². The average Bonchev–Trinajstić information content (AvgIpc) is 3.28. The van der Waals surface area contributed by atoms with Crippen molar-refractivity contribution in [3.63, 3.8) is 0 Å². The zero-order chi connectivity index (χ0) is 23.2. The summed E-state index contributed by atoms with van der Waals surface area (Å²) < 4.78 is 2.44. The third-order valence-corrected chi connectivity index (χ3v) is 6.76. The Morgan fingerprint density at radius 1 is 0.486 bits per heavy atom. The van der Waals surface area contributed by atoms with Crippen LogP contribution < -0.4 is 0 Å². The molecule has 0 saturated carbocycles. The van der Waals surface area contributed by atoms with Gasteiger partial charge < -0.3 is 4.57 Å². The average molecular weight is 448 g/mol. The fourth-order valence-electron chi connectivity index (χ4n) is 5.26. The molecule has 3 nitrogen and oxygen atoms in total. The highest BCUT2D eigenvalue weighted by molar-refractivity contribution is 6.19. The molecule has 4 aromatic carbocycles. The van der Waals surface area contributed by atoms with Crippen molar-refractivity contribution in [3.05, 3.63) is 128 Å². The number of para-hydroxylation sites is 2. The maximum Gasteiger partial charge on any atom is 0.0620 e. The van der Waals surface area contributed by atoms with Crippen molar-refractivity contribution in [2.75, 3.05) is 0 Å². The molecule has 0 saturated heterocycles. The van der Waals surface area contributed by atoms with Crippen LogP contribution in [0.1, 0.15) is 0 Å². The molecule has 164 valence electrons. The van der Waals surface area contributed by atoms with Gasteiger partial charge in [0.2, 0.25) is 0 Å². The van der Waals surface area contributed by atoms with Gasteiger partial charge in [-0.25, -0.2) is 0 Å². The van der Waals surface area contributed by atoms with E-state index in [1.807, 2.05) is 36.9 Å². The van der Waals surface area contributed by atoms with Crippen molar-refractivity contribution in [2.45, 2.75) is 0 Å². The van der Waals surface area contributed by atoms with Crippen LogP contribution in [0.3, 0.4) is 0 Å². The lowest BCUT2D eigenvalue weighted by molar-refractivity contribution is 1.18. The van der Waals surface area contributed by atoms with Crippen molar-refractivity contribution < 1.29 is 0 Å². The summed E-state index contributed by atoms with van der Waals surface area (Å²) in [5.74, 6) is 0. The van der Waals surface area contributed by atoms with Crippen LogP contribution in [0.15, 0.2) is 128 Å². The van der Waals surface area contributed by atoms with Crippen LogP contribution >= 0.6 is 0 Å². The van der Waals surface area contributed by atoms with E-state index in [1.165, 1.54) is 32.6 Å². The Labute approximate surface area is 203 Å². The fourth-order valence-corrected chi connectivity index (χ4v) is 5.26. The Balaban J connectivity index is 1.73. The summed E-state index contributed by atoms with van der Waals surface area (Å²) in [5, 5.41) is 4.95. The van der Waals surface area contributed by atoms with Crippen LogP contribution in [0, 0.1) is 0 Å². The molecule has 3 aromatic heterocycles. The Morgan fingerprint density at radius 3 is 1.83 bits per heavy atom. The Hall–Kier alpha value is -4.76. The molecular formula is C32H21N3. The van der Waals surface area contributed by atoms with E-state index in [0.717, 1.165) is 27.9 Å². The second-order valence-electron chi connectivity index (χ2n) is 8.72. The van der Waals surface area contributed by atoms with Gasteiger partial charge in [0.05, 0.1) is 16.7 Å². The first-order valence-corrected chi connectivity index (χ1v) is 11.8. The third-order valence-electron chi connectivity index (χ3n) is 6.76. The summed E-state index contributed by atoms with van der Waals surface area (Å²) in [6, 6.07) is 36.6. The normalized spacial score (nSPS) is 11.4. The topological polar surface area (TPSA) is 30.7 Å². The van der Waals surface area contributed by atoms with Crippen LogP contribution in [0.25, 0.3) is 60.5 Å². The summed E-state index contributed by atoms with van der Waals surface area (Å²) in [4.78, 5) is 8.88. The monoisotopic (exact) mass is 447 g/mol. The lowest BCUT2D eigenvalue weighted by Gasteiger charge is -2.19. The molecule has 3 heteroatoms. The van der Waals surface area contributed by atoms with E-state index in [2.05, 4.69) is 106 Å². The number of hydrogen-bond donors (Lipinski definition) is 0. The molecule has 7 rings (SSSR count). The maximum atomic E-state index is 4.44. The van der Waals surface area contributed by atoms with Crippen LogP contribution in [-0.4, -0.2) is 14.5 Å². The van der Waals surface area contributed by atoms with Crippen molar-refractivity contribution in [2.24, 2.45) is 0 Å². The molecule has 3 heterocycles. The molecule has 0 aliphatic carbocycles. The third kappa shape index (κ3) is 3.06. The standard InChI is InChI=1S/C32H21N3/c1-2-11-25-22(8-1)16-17-29-28-12-3-4-15-30(28)35(32(25)29)31-26(23-9-6-18-33-20-23)13-5-14-27(31)24-10-7-19-34-21-24/h1-21H. The van der Waals surface area contributed by atoms with E-state index in [9.17, 15) is 0 Å². The van der Waals surface area contributed by atoms with E-state index in [1.54, 1.807) is 0 Å². The van der Waals surface area contributed by atoms with Crippen LogP contribution in [0.2, 0.25) is 0 Å². The molecule has 0 aliphatic heterocycles. The minimum Gasteiger partial charge on any atom is -0.307 e. The van der Waals surface area contributed by atoms with Gasteiger partial charge in [-0.05, 0) is 23.6 Å². The fraction of sp³-hybridized carbons (Fsp3) is 0. The first kappa shape index (κ1) is 19.7. The predicted octanol–water partition coefficient (Wildman–Crippen LogP) is 8.06. The van der Waals surface area contributed by atoms with Crippen LogP contribution in [0.5, 0.6) is 0 Å². The number of benzene rings is 4. The second kappa shape index (κ2) is 7.93. The molecule has 0 amide bonds. The molecule has 0 spiro atoms. The largest absolute Gasteiger partial charge is 0.307 e. The van der Waals surface area contributed by atoms with E-state index in [-0.39, 0.29) is 0 Å². The number of pyridine rings is 2. The van der Waals surface area contributed by atoms with Crippen LogP contribution in [-0.2, 0) is 0 Å². The number of nitrogens with zero attached hydrogens (tertiary/aromatic N) is 3. The summed E-state index contributed by atoms with van der Waals surface area (Å²) in [6.07, 6.45) is 7.53. The van der Waals surface area contributed by atoms with Crippen LogP contribution in [0.4, 0.5) is 0 Å². The highest BCUT2D eigenvalue weighted by Gasteiger charge is 2.20. The molecule has 0 radical (unpaired) electrons. The van der Waals surface area contributed by atoms with E-state index < -0.39 is 0 Å². The number of hydrogen-bond acceptors (Lipinski definition) is 2. The Bertz CT molecular complexity index is 1780. The zero-order valence-electron chi connectivity index (χ0n) is 19.0. The summed E-state index contributed by atoms with van der Waals surface area (Å²) >= 11 is 0. The van der Waals surface area contributed by atoms with Crippen molar-refractivity contribution >= 4 is 32.6 Å². The van der Waals surface area contributed by atoms with Gasteiger partial charge in [-0.15, -0.1) is 0 Å². The van der Waals surface area contributed by atoms with Gasteiger partial charge in [-0.2, -0.15) is 0 Å². The SMILES string of the molecule is c1cncc(-c2cccc(-c3cccnc3)c2-n2c3ccccc3c3ccc4ccccc4c32)c1. The quantitative estimate of drug-likeness (QED) is 0.274. The molecule has 7 aromatic rings. The first-order valence-electron chi connectivity index (χ1n) is 11.8. The summed E-state index contributed by atoms with van der Waals surface area (Å²) in [5.41, 5.74) is 7.96. The minimum absolute atomic E-state index is 1.08. The molecule has 35 heavy (non-hydrogen) atoms. The molecular weight excluding hydrogens is 426 g/mol. The van der Waals surface area contributed by atoms with Gasteiger partial charge in [-0.1, -0.05) is 84.9 Å². The highest BCUT2D eigenvalue weighted by Crippen LogP contribution is 2.42. The highest BCUT2D eigenvalue weighted by atomic mass is 15.0. The van der Waals surface area contributed by atoms with Gasteiger partial charge in [0.1, 0.15) is 0 Å². The number of fused-ring (bicyclic) bond motifs is 5. The number of rotatable bonds is 3. The Morgan fingerprint density at radius 2 is 1.14 bits per heavy atom. The summed E-state index contributed by atoms with van der Waals surface area (Å²) in [7, 11) is 0. The van der Waals surface area contributed by atoms with Gasteiger partial charge in [0.25, 0.3) is 0 Å². The van der Waals surface area contributed by atoms with E-state index in [4.69, 9.17) is 0 Å². The molecule has 0 atom stereocenters. The minimum atomic E-state index is 1.08. The zero-order valence-corrected chi connectivity index (χ0v) is 19.0. The van der Waals surface area contributed by atoms with Gasteiger partial charge >= 0.3 is 0 Å². The maximum absolute atomic E-state index is 4.44. The van der Waals surface area contributed by atoms with Crippen molar-refractivity contribution in [1.29, 1.82) is 0 Å².